The molecule has 0 spiro atoms. The van der Waals surface area contributed by atoms with E-state index < -0.39 is 0 Å². The Morgan fingerprint density at radius 2 is 1.97 bits per heavy atom. The highest BCUT2D eigenvalue weighted by atomic mass is 35.5. The van der Waals surface area contributed by atoms with Gasteiger partial charge in [-0.15, -0.1) is 0 Å². The number of thiocarbonyl (C=S) groups is 1. The number of nitrogens with one attached hydrogen (secondary N) is 1. The summed E-state index contributed by atoms with van der Waals surface area (Å²) in [6.07, 6.45) is 1.83. The summed E-state index contributed by atoms with van der Waals surface area (Å²) in [6, 6.07) is 14.2. The predicted molar refractivity (Wildman–Crippen MR) is 129 cm³/mol. The smallest absolute Gasteiger partial charge is 0.170 e. The standard InChI is InChI=1S/C24H27ClN4OS/c1-15-8-9-18(25)14-21(15)29-16(2)13-19(17(29)3)23-22(20-7-5-6-10-26-20)27-24(31)28(23)11-12-30-4/h5-10,13-14,22-23H,11-12H2,1-4H3,(H,27,31)/t22-,23+/m1/s1. The second-order valence-electron chi connectivity index (χ2n) is 7.91. The molecule has 162 valence electrons. The summed E-state index contributed by atoms with van der Waals surface area (Å²) in [4.78, 5) is 6.84. The summed E-state index contributed by atoms with van der Waals surface area (Å²) in [5.74, 6) is 0. The maximum Gasteiger partial charge on any atom is 0.170 e. The molecule has 1 aliphatic heterocycles. The van der Waals surface area contributed by atoms with Crippen LogP contribution >= 0.6 is 23.8 Å². The molecule has 0 bridgehead atoms. The van der Waals surface area contributed by atoms with Crippen molar-refractivity contribution in [1.82, 2.24) is 19.8 Å². The van der Waals surface area contributed by atoms with E-state index in [-0.39, 0.29) is 12.1 Å². The topological polar surface area (TPSA) is 42.3 Å². The van der Waals surface area contributed by atoms with Crippen LogP contribution in [-0.4, -0.2) is 39.8 Å². The Labute approximate surface area is 194 Å². The Hall–Kier alpha value is -2.41. The van der Waals surface area contributed by atoms with Gasteiger partial charge in [0.1, 0.15) is 0 Å². The molecule has 0 unspecified atom stereocenters. The van der Waals surface area contributed by atoms with Crippen LogP contribution in [0, 0.1) is 20.8 Å². The van der Waals surface area contributed by atoms with Crippen LogP contribution in [0.15, 0.2) is 48.7 Å². The normalized spacial score (nSPS) is 18.5. The molecule has 3 aromatic rings. The van der Waals surface area contributed by atoms with Gasteiger partial charge in [-0.1, -0.05) is 23.7 Å². The first-order valence-corrected chi connectivity index (χ1v) is 11.1. The van der Waals surface area contributed by atoms with Crippen LogP contribution in [0.1, 0.15) is 40.3 Å². The van der Waals surface area contributed by atoms with Gasteiger partial charge in [-0.3, -0.25) is 4.98 Å². The number of benzene rings is 1. The van der Waals surface area contributed by atoms with Gasteiger partial charge in [0, 0.05) is 41.9 Å². The molecule has 7 heteroatoms. The van der Waals surface area contributed by atoms with E-state index in [0.717, 1.165) is 27.2 Å². The van der Waals surface area contributed by atoms with Gasteiger partial charge >= 0.3 is 0 Å². The average Bonchev–Trinajstić information content (AvgIpc) is 3.24. The second-order valence-corrected chi connectivity index (χ2v) is 8.73. The number of halogens is 1. The summed E-state index contributed by atoms with van der Waals surface area (Å²) in [5, 5.41) is 4.95. The molecule has 1 aliphatic rings. The Bertz CT molecular complexity index is 1100. The van der Waals surface area contributed by atoms with Gasteiger partial charge in [-0.05, 0) is 74.4 Å². The SMILES string of the molecule is COCCN1C(=S)N[C@H](c2ccccn2)[C@@H]1c1cc(C)n(-c2cc(Cl)ccc2C)c1C. The maximum absolute atomic E-state index is 6.34. The number of aromatic nitrogens is 2. The van der Waals surface area contributed by atoms with Crippen LogP contribution in [0.2, 0.25) is 5.02 Å². The first-order valence-electron chi connectivity index (χ1n) is 10.3. The zero-order valence-electron chi connectivity index (χ0n) is 18.2. The van der Waals surface area contributed by atoms with E-state index >= 15 is 0 Å². The molecule has 4 rings (SSSR count). The lowest BCUT2D eigenvalue weighted by Gasteiger charge is -2.28. The van der Waals surface area contributed by atoms with Crippen molar-refractivity contribution in [2.75, 3.05) is 20.3 Å². The largest absolute Gasteiger partial charge is 0.383 e. The van der Waals surface area contributed by atoms with E-state index in [2.05, 4.69) is 52.7 Å². The van der Waals surface area contributed by atoms with Gasteiger partial charge in [0.2, 0.25) is 0 Å². The lowest BCUT2D eigenvalue weighted by molar-refractivity contribution is 0.164. The fraction of sp³-hybridized carbons (Fsp3) is 0.333. The molecule has 0 saturated carbocycles. The molecule has 1 fully saturated rings. The molecule has 3 heterocycles. The molecule has 2 aromatic heterocycles. The van der Waals surface area contributed by atoms with Crippen LogP contribution < -0.4 is 5.32 Å². The lowest BCUT2D eigenvalue weighted by Crippen LogP contribution is -2.32. The van der Waals surface area contributed by atoms with Crippen molar-refractivity contribution in [3.63, 3.8) is 0 Å². The minimum atomic E-state index is -0.0417. The van der Waals surface area contributed by atoms with Crippen molar-refractivity contribution < 1.29 is 4.74 Å². The molecule has 1 aromatic carbocycles. The molecular formula is C24H27ClN4OS. The number of nitrogens with zero attached hydrogens (tertiary/aromatic N) is 3. The highest BCUT2D eigenvalue weighted by Crippen LogP contribution is 2.41. The van der Waals surface area contributed by atoms with Crippen molar-refractivity contribution in [3.8, 4) is 5.69 Å². The van der Waals surface area contributed by atoms with Crippen molar-refractivity contribution in [3.05, 3.63) is 81.9 Å². The summed E-state index contributed by atoms with van der Waals surface area (Å²) in [5.41, 5.74) is 6.79. The van der Waals surface area contributed by atoms with Gasteiger partial charge < -0.3 is 19.5 Å². The summed E-state index contributed by atoms with van der Waals surface area (Å²) in [6.45, 7) is 7.70. The quantitative estimate of drug-likeness (QED) is 0.526. The Morgan fingerprint density at radius 1 is 1.16 bits per heavy atom. The summed E-state index contributed by atoms with van der Waals surface area (Å²) in [7, 11) is 1.71. The molecule has 0 radical (unpaired) electrons. The van der Waals surface area contributed by atoms with Gasteiger partial charge in [0.25, 0.3) is 0 Å². The summed E-state index contributed by atoms with van der Waals surface area (Å²) < 4.78 is 7.65. The number of aryl methyl sites for hydroxylation is 2. The highest BCUT2D eigenvalue weighted by molar-refractivity contribution is 7.80. The van der Waals surface area contributed by atoms with Crippen LogP contribution in [0.25, 0.3) is 5.69 Å². The first-order chi connectivity index (χ1) is 14.9. The second kappa shape index (κ2) is 8.99. The summed E-state index contributed by atoms with van der Waals surface area (Å²) >= 11 is 12.1. The van der Waals surface area contributed by atoms with Gasteiger partial charge in [0.15, 0.2) is 5.11 Å². The monoisotopic (exact) mass is 454 g/mol. The molecule has 0 amide bonds. The maximum atomic E-state index is 6.34. The van der Waals surface area contributed by atoms with Crippen molar-refractivity contribution in [1.29, 1.82) is 0 Å². The minimum Gasteiger partial charge on any atom is -0.383 e. The van der Waals surface area contributed by atoms with Crippen LogP contribution in [0.3, 0.4) is 0 Å². The molecule has 2 atom stereocenters. The number of rotatable bonds is 6. The Kier molecular flexibility index (Phi) is 6.32. The van der Waals surface area contributed by atoms with Gasteiger partial charge in [-0.25, -0.2) is 0 Å². The van der Waals surface area contributed by atoms with Crippen molar-refractivity contribution in [2.45, 2.75) is 32.9 Å². The predicted octanol–water partition coefficient (Wildman–Crippen LogP) is 5.07. The van der Waals surface area contributed by atoms with E-state index in [1.807, 2.05) is 36.5 Å². The number of hydrogen-bond acceptors (Lipinski definition) is 3. The Morgan fingerprint density at radius 3 is 2.68 bits per heavy atom. The van der Waals surface area contributed by atoms with Crippen LogP contribution in [-0.2, 0) is 4.74 Å². The molecule has 0 aliphatic carbocycles. The third-order valence-electron chi connectivity index (χ3n) is 5.94. The number of pyridine rings is 1. The zero-order chi connectivity index (χ0) is 22.1. The minimum absolute atomic E-state index is 0.0111. The fourth-order valence-corrected chi connectivity index (χ4v) is 4.95. The average molecular weight is 455 g/mol. The zero-order valence-corrected chi connectivity index (χ0v) is 19.8. The first kappa shape index (κ1) is 21.8. The van der Waals surface area contributed by atoms with E-state index in [4.69, 9.17) is 28.6 Å². The highest BCUT2D eigenvalue weighted by Gasteiger charge is 2.41. The van der Waals surface area contributed by atoms with E-state index in [9.17, 15) is 0 Å². The van der Waals surface area contributed by atoms with Crippen LogP contribution in [0.5, 0.6) is 0 Å². The van der Waals surface area contributed by atoms with Gasteiger partial charge in [0.05, 0.1) is 24.4 Å². The lowest BCUT2D eigenvalue weighted by atomic mass is 9.97. The van der Waals surface area contributed by atoms with Crippen molar-refractivity contribution >= 4 is 28.9 Å². The molecule has 1 N–H and O–H groups in total. The van der Waals surface area contributed by atoms with E-state index in [0.29, 0.717) is 13.2 Å². The van der Waals surface area contributed by atoms with E-state index in [1.165, 1.54) is 16.8 Å². The number of ether oxygens (including phenoxy) is 1. The molecule has 31 heavy (non-hydrogen) atoms. The Balaban J connectivity index is 1.84. The fourth-order valence-electron chi connectivity index (χ4n) is 4.46. The molecule has 1 saturated heterocycles. The van der Waals surface area contributed by atoms with Crippen LogP contribution in [0.4, 0.5) is 0 Å². The molecular weight excluding hydrogens is 428 g/mol. The van der Waals surface area contributed by atoms with Crippen molar-refractivity contribution in [2.24, 2.45) is 0 Å². The van der Waals surface area contributed by atoms with E-state index in [1.54, 1.807) is 7.11 Å². The van der Waals surface area contributed by atoms with Gasteiger partial charge in [-0.2, -0.15) is 0 Å². The number of hydrogen-bond donors (Lipinski definition) is 1. The number of methoxy groups -OCH3 is 1. The third kappa shape index (κ3) is 4.07. The third-order valence-corrected chi connectivity index (χ3v) is 6.52. The molecule has 5 nitrogen and oxygen atoms in total.